The molecule has 15 heavy (non-hydrogen) atoms. The van der Waals surface area contributed by atoms with E-state index in [1.807, 2.05) is 13.0 Å². The second-order valence-electron chi connectivity index (χ2n) is 3.95. The van der Waals surface area contributed by atoms with Gasteiger partial charge in [0.25, 0.3) is 0 Å². The van der Waals surface area contributed by atoms with Crippen molar-refractivity contribution in [2.24, 2.45) is 0 Å². The van der Waals surface area contributed by atoms with Crippen molar-refractivity contribution in [2.75, 3.05) is 0 Å². The summed E-state index contributed by atoms with van der Waals surface area (Å²) < 4.78 is 0. The molecule has 1 heteroatoms. The number of hydrogen-bond donors (Lipinski definition) is 1. The highest BCUT2D eigenvalue weighted by Gasteiger charge is 1.98. The lowest BCUT2D eigenvalue weighted by Gasteiger charge is -2.06. The summed E-state index contributed by atoms with van der Waals surface area (Å²) in [6.45, 7) is 6.36. The summed E-state index contributed by atoms with van der Waals surface area (Å²) in [5.74, 6) is 0. The Kier molecular flexibility index (Phi) is 9.60. The van der Waals surface area contributed by atoms with E-state index in [1.165, 1.54) is 18.4 Å². The molecule has 0 aliphatic rings. The van der Waals surface area contributed by atoms with Crippen LogP contribution >= 0.6 is 0 Å². The highest BCUT2D eigenvalue weighted by Crippen LogP contribution is 2.12. The van der Waals surface area contributed by atoms with Crippen LogP contribution in [-0.2, 0) is 0 Å². The van der Waals surface area contributed by atoms with Crippen molar-refractivity contribution < 1.29 is 5.11 Å². The predicted octanol–water partition coefficient (Wildman–Crippen LogP) is 4.23. The van der Waals surface area contributed by atoms with Crippen LogP contribution in [0.4, 0.5) is 0 Å². The predicted molar refractivity (Wildman–Crippen MR) is 68.0 cm³/mol. The molecule has 0 spiro atoms. The maximum absolute atomic E-state index is 9.51. The molecule has 1 nitrogen and oxygen atoms in total. The maximum atomic E-state index is 9.51. The van der Waals surface area contributed by atoms with Crippen LogP contribution in [-0.4, -0.2) is 11.2 Å². The van der Waals surface area contributed by atoms with Gasteiger partial charge in [0.05, 0.1) is 6.10 Å². The lowest BCUT2D eigenvalue weighted by molar-refractivity contribution is 0.217. The minimum atomic E-state index is -0.250. The lowest BCUT2D eigenvalue weighted by Crippen LogP contribution is -2.00. The molecule has 0 saturated heterocycles. The molecular formula is C14H26O. The van der Waals surface area contributed by atoms with Crippen molar-refractivity contribution in [1.82, 2.24) is 0 Å². The van der Waals surface area contributed by atoms with Crippen LogP contribution in [0.15, 0.2) is 23.8 Å². The highest BCUT2D eigenvalue weighted by molar-refractivity contribution is 5.05. The molecule has 0 aliphatic heterocycles. The van der Waals surface area contributed by atoms with Crippen molar-refractivity contribution in [3.63, 3.8) is 0 Å². The van der Waals surface area contributed by atoms with Gasteiger partial charge in [0.1, 0.15) is 0 Å². The van der Waals surface area contributed by atoms with Gasteiger partial charge in [-0.15, -0.1) is 0 Å². The zero-order valence-corrected chi connectivity index (χ0v) is 10.5. The number of allylic oxidation sites excluding steroid dienone is 3. The van der Waals surface area contributed by atoms with Crippen molar-refractivity contribution in [3.05, 3.63) is 23.8 Å². The summed E-state index contributed by atoms with van der Waals surface area (Å²) in [7, 11) is 0. The normalized spacial score (nSPS) is 14.8. The second kappa shape index (κ2) is 9.97. The largest absolute Gasteiger partial charge is 0.389 e. The van der Waals surface area contributed by atoms with E-state index >= 15 is 0 Å². The fraction of sp³-hybridized carbons (Fsp3) is 0.714. The van der Waals surface area contributed by atoms with Gasteiger partial charge in [-0.1, -0.05) is 51.0 Å². The van der Waals surface area contributed by atoms with E-state index in [9.17, 15) is 5.11 Å². The number of hydrogen-bond acceptors (Lipinski definition) is 1. The van der Waals surface area contributed by atoms with Crippen molar-refractivity contribution in [1.29, 1.82) is 0 Å². The molecule has 88 valence electrons. The number of rotatable bonds is 8. The third-order valence-electron chi connectivity index (χ3n) is 2.55. The summed E-state index contributed by atoms with van der Waals surface area (Å²) in [6, 6.07) is 0. The van der Waals surface area contributed by atoms with Gasteiger partial charge in [0.15, 0.2) is 0 Å². The number of unbranched alkanes of at least 4 members (excludes halogenated alkanes) is 1. The van der Waals surface area contributed by atoms with Crippen LogP contribution in [0.1, 0.15) is 59.3 Å². The first-order valence-corrected chi connectivity index (χ1v) is 6.27. The molecule has 0 amide bonds. The van der Waals surface area contributed by atoms with Crippen LogP contribution in [0.2, 0.25) is 0 Å². The maximum Gasteiger partial charge on any atom is 0.0720 e. The highest BCUT2D eigenvalue weighted by atomic mass is 16.3. The lowest BCUT2D eigenvalue weighted by atomic mass is 10.0. The number of aliphatic hydroxyl groups excluding tert-OH is 1. The van der Waals surface area contributed by atoms with Crippen LogP contribution in [0.25, 0.3) is 0 Å². The zero-order chi connectivity index (χ0) is 11.5. The van der Waals surface area contributed by atoms with E-state index in [1.54, 1.807) is 0 Å². The Balaban J connectivity index is 3.84. The zero-order valence-electron chi connectivity index (χ0n) is 10.5. The smallest absolute Gasteiger partial charge is 0.0720 e. The molecule has 0 aromatic rings. The van der Waals surface area contributed by atoms with Gasteiger partial charge in [0, 0.05) is 0 Å². The topological polar surface area (TPSA) is 20.2 Å². The molecule has 0 radical (unpaired) electrons. The van der Waals surface area contributed by atoms with Crippen molar-refractivity contribution >= 4 is 0 Å². The minimum absolute atomic E-state index is 0.250. The fourth-order valence-electron chi connectivity index (χ4n) is 1.44. The summed E-state index contributed by atoms with van der Waals surface area (Å²) in [5, 5.41) is 9.51. The van der Waals surface area contributed by atoms with E-state index < -0.39 is 0 Å². The molecule has 0 saturated carbocycles. The molecule has 1 N–H and O–H groups in total. The molecule has 1 unspecified atom stereocenters. The fourth-order valence-corrected chi connectivity index (χ4v) is 1.44. The van der Waals surface area contributed by atoms with Gasteiger partial charge in [-0.2, -0.15) is 0 Å². The first kappa shape index (κ1) is 14.4. The standard InChI is InChI=1S/C14H26O/c1-4-7-8-9-10-11-13(5-2)12-14(15)6-3/h8-9,12,14-15H,4-7,10-11H2,1-3H3. The molecule has 0 heterocycles. The minimum Gasteiger partial charge on any atom is -0.389 e. The van der Waals surface area contributed by atoms with Gasteiger partial charge in [-0.25, -0.2) is 0 Å². The van der Waals surface area contributed by atoms with E-state index in [2.05, 4.69) is 26.0 Å². The van der Waals surface area contributed by atoms with Gasteiger partial charge in [-0.3, -0.25) is 0 Å². The van der Waals surface area contributed by atoms with Crippen LogP contribution in [0, 0.1) is 0 Å². The average Bonchev–Trinajstić information content (AvgIpc) is 2.26. The SMILES string of the molecule is CCCC=CCCC(=CC(O)CC)CC. The Bertz CT molecular complexity index is 192. The van der Waals surface area contributed by atoms with E-state index in [-0.39, 0.29) is 6.10 Å². The Morgan fingerprint density at radius 2 is 1.80 bits per heavy atom. The summed E-state index contributed by atoms with van der Waals surface area (Å²) in [5.41, 5.74) is 1.38. The summed E-state index contributed by atoms with van der Waals surface area (Å²) in [4.78, 5) is 0. The molecule has 1 atom stereocenters. The third kappa shape index (κ3) is 8.44. The molecule has 0 rings (SSSR count). The first-order valence-electron chi connectivity index (χ1n) is 6.27. The monoisotopic (exact) mass is 210 g/mol. The first-order chi connectivity index (χ1) is 7.24. The second-order valence-corrected chi connectivity index (χ2v) is 3.95. The van der Waals surface area contributed by atoms with E-state index in [0.29, 0.717) is 0 Å². The van der Waals surface area contributed by atoms with Crippen LogP contribution < -0.4 is 0 Å². The van der Waals surface area contributed by atoms with Crippen LogP contribution in [0.3, 0.4) is 0 Å². The molecule has 0 aromatic carbocycles. The summed E-state index contributed by atoms with van der Waals surface area (Å²) in [6.07, 6.45) is 12.8. The molecule has 0 aromatic heterocycles. The van der Waals surface area contributed by atoms with Crippen molar-refractivity contribution in [3.8, 4) is 0 Å². The molecular weight excluding hydrogens is 184 g/mol. The van der Waals surface area contributed by atoms with E-state index in [0.717, 1.165) is 25.7 Å². The molecule has 0 bridgehead atoms. The van der Waals surface area contributed by atoms with Gasteiger partial charge in [-0.05, 0) is 32.1 Å². The molecule has 0 aliphatic carbocycles. The Hall–Kier alpha value is -0.560. The van der Waals surface area contributed by atoms with Gasteiger partial charge < -0.3 is 5.11 Å². The Morgan fingerprint density at radius 1 is 1.13 bits per heavy atom. The summed E-state index contributed by atoms with van der Waals surface area (Å²) >= 11 is 0. The van der Waals surface area contributed by atoms with Gasteiger partial charge >= 0.3 is 0 Å². The van der Waals surface area contributed by atoms with E-state index in [4.69, 9.17) is 0 Å². The Morgan fingerprint density at radius 3 is 2.33 bits per heavy atom. The molecule has 0 fully saturated rings. The van der Waals surface area contributed by atoms with Crippen molar-refractivity contribution in [2.45, 2.75) is 65.4 Å². The number of aliphatic hydroxyl groups is 1. The quantitative estimate of drug-likeness (QED) is 0.594. The average molecular weight is 210 g/mol. The Labute approximate surface area is 94.9 Å². The van der Waals surface area contributed by atoms with Crippen LogP contribution in [0.5, 0.6) is 0 Å². The van der Waals surface area contributed by atoms with Gasteiger partial charge in [0.2, 0.25) is 0 Å². The third-order valence-corrected chi connectivity index (χ3v) is 2.55.